The van der Waals surface area contributed by atoms with Crippen LogP contribution in [0, 0.1) is 12.7 Å². The van der Waals surface area contributed by atoms with Gasteiger partial charge in [-0.05, 0) is 38.5 Å². The van der Waals surface area contributed by atoms with Crippen molar-refractivity contribution in [3.63, 3.8) is 0 Å². The number of rotatable bonds is 5. The summed E-state index contributed by atoms with van der Waals surface area (Å²) in [6.45, 7) is 5.37. The highest BCUT2D eigenvalue weighted by Crippen LogP contribution is 2.23. The van der Waals surface area contributed by atoms with E-state index in [0.717, 1.165) is 10.6 Å². The number of thiazole rings is 1. The minimum atomic E-state index is -0.944. The first-order valence-electron chi connectivity index (χ1n) is 7.34. The van der Waals surface area contributed by atoms with Crippen molar-refractivity contribution in [1.29, 1.82) is 0 Å². The maximum Gasteiger partial charge on any atom is 0.265 e. The fraction of sp³-hybridized carbons (Fsp3) is 0.412. The molecule has 0 spiro atoms. The summed E-state index contributed by atoms with van der Waals surface area (Å²) in [6, 6.07) is 6.26. The summed E-state index contributed by atoms with van der Waals surface area (Å²) in [5.41, 5.74) is 0.684. The number of hydrogen-bond acceptors (Lipinski definition) is 4. The van der Waals surface area contributed by atoms with Crippen molar-refractivity contribution >= 4 is 17.2 Å². The summed E-state index contributed by atoms with van der Waals surface area (Å²) in [5, 5.41) is 10.7. The van der Waals surface area contributed by atoms with Gasteiger partial charge in [0.15, 0.2) is 0 Å². The van der Waals surface area contributed by atoms with E-state index >= 15 is 0 Å². The van der Waals surface area contributed by atoms with Crippen LogP contribution >= 0.6 is 11.3 Å². The van der Waals surface area contributed by atoms with E-state index in [4.69, 9.17) is 0 Å². The zero-order valence-electron chi connectivity index (χ0n) is 13.8. The number of aryl methyl sites for hydroxylation is 1. The van der Waals surface area contributed by atoms with Gasteiger partial charge in [-0.15, -0.1) is 11.3 Å². The van der Waals surface area contributed by atoms with E-state index in [2.05, 4.69) is 4.98 Å². The Morgan fingerprint density at radius 1 is 1.35 bits per heavy atom. The number of amides is 1. The molecule has 0 aliphatic carbocycles. The molecule has 0 fully saturated rings. The van der Waals surface area contributed by atoms with Crippen LogP contribution in [0.5, 0.6) is 0 Å². The third-order valence-electron chi connectivity index (χ3n) is 3.27. The third kappa shape index (κ3) is 4.84. The normalized spacial score (nSPS) is 11.6. The van der Waals surface area contributed by atoms with Gasteiger partial charge in [-0.2, -0.15) is 0 Å². The molecule has 0 unspecified atom stereocenters. The summed E-state index contributed by atoms with van der Waals surface area (Å²) < 4.78 is 12.9. The Labute approximate surface area is 139 Å². The fourth-order valence-corrected chi connectivity index (χ4v) is 3.42. The Morgan fingerprint density at radius 2 is 1.96 bits per heavy atom. The number of aromatic nitrogens is 1. The molecule has 6 heteroatoms. The lowest BCUT2D eigenvalue weighted by atomic mass is 10.1. The van der Waals surface area contributed by atoms with Gasteiger partial charge in [0.05, 0.1) is 16.3 Å². The van der Waals surface area contributed by atoms with Gasteiger partial charge in [0, 0.05) is 20.0 Å². The quantitative estimate of drug-likeness (QED) is 0.913. The molecule has 0 saturated heterocycles. The topological polar surface area (TPSA) is 53.4 Å². The highest BCUT2D eigenvalue weighted by atomic mass is 32.1. The number of benzene rings is 1. The molecular weight excluding hydrogens is 315 g/mol. The van der Waals surface area contributed by atoms with Gasteiger partial charge in [0.25, 0.3) is 5.91 Å². The summed E-state index contributed by atoms with van der Waals surface area (Å²) in [5.74, 6) is -0.416. The molecule has 1 N–H and O–H groups in total. The zero-order valence-corrected chi connectivity index (χ0v) is 14.6. The molecular formula is C17H21FN2O2S. The van der Waals surface area contributed by atoms with Crippen LogP contribution in [0.4, 0.5) is 4.39 Å². The maximum absolute atomic E-state index is 12.9. The number of carbonyl (C=O) groups excluding carboxylic acids is 1. The van der Waals surface area contributed by atoms with E-state index in [1.165, 1.54) is 28.4 Å². The lowest BCUT2D eigenvalue weighted by Gasteiger charge is -2.25. The van der Waals surface area contributed by atoms with E-state index in [-0.39, 0.29) is 18.3 Å². The lowest BCUT2D eigenvalue weighted by molar-refractivity contribution is 0.0370. The lowest BCUT2D eigenvalue weighted by Crippen LogP contribution is -2.39. The van der Waals surface area contributed by atoms with Gasteiger partial charge in [-0.3, -0.25) is 4.79 Å². The Morgan fingerprint density at radius 3 is 2.52 bits per heavy atom. The minimum Gasteiger partial charge on any atom is -0.389 e. The second kappa shape index (κ2) is 6.76. The zero-order chi connectivity index (χ0) is 17.2. The smallest absolute Gasteiger partial charge is 0.265 e. The van der Waals surface area contributed by atoms with Crippen molar-refractivity contribution in [2.24, 2.45) is 0 Å². The van der Waals surface area contributed by atoms with Crippen molar-refractivity contribution in [1.82, 2.24) is 9.88 Å². The standard InChI is InChI=1S/C17H21FN2O2S/c1-11-15(16(21)20(4)10-17(2,3)22)23-14(19-11)9-12-5-7-13(18)8-6-12/h5-8,22H,9-10H2,1-4H3. The van der Waals surface area contributed by atoms with Crippen molar-refractivity contribution in [2.45, 2.75) is 32.8 Å². The molecule has 0 radical (unpaired) electrons. The molecule has 23 heavy (non-hydrogen) atoms. The van der Waals surface area contributed by atoms with Crippen LogP contribution in [-0.4, -0.2) is 40.1 Å². The predicted molar refractivity (Wildman–Crippen MR) is 89.3 cm³/mol. The molecule has 0 atom stereocenters. The number of carbonyl (C=O) groups is 1. The number of likely N-dealkylation sites (N-methyl/N-ethyl adjacent to an activating group) is 1. The first-order valence-corrected chi connectivity index (χ1v) is 8.16. The first kappa shape index (κ1) is 17.6. The van der Waals surface area contributed by atoms with Crippen LogP contribution in [0.2, 0.25) is 0 Å². The summed E-state index contributed by atoms with van der Waals surface area (Å²) in [4.78, 5) is 19.0. The highest BCUT2D eigenvalue weighted by Gasteiger charge is 2.23. The van der Waals surface area contributed by atoms with E-state index < -0.39 is 5.60 Å². The molecule has 1 aromatic carbocycles. The molecule has 0 aliphatic heterocycles. The molecule has 1 aromatic heterocycles. The largest absolute Gasteiger partial charge is 0.389 e. The Hall–Kier alpha value is -1.79. The third-order valence-corrected chi connectivity index (χ3v) is 4.42. The van der Waals surface area contributed by atoms with Crippen molar-refractivity contribution in [3.05, 3.63) is 51.2 Å². The van der Waals surface area contributed by atoms with Crippen molar-refractivity contribution < 1.29 is 14.3 Å². The predicted octanol–water partition coefficient (Wildman–Crippen LogP) is 3.02. The number of aliphatic hydroxyl groups is 1. The van der Waals surface area contributed by atoms with E-state index in [0.29, 0.717) is 17.0 Å². The summed E-state index contributed by atoms with van der Waals surface area (Å²) in [6.07, 6.45) is 0.564. The summed E-state index contributed by atoms with van der Waals surface area (Å²) >= 11 is 1.34. The second-order valence-corrected chi connectivity index (χ2v) is 7.38. The Kier molecular flexibility index (Phi) is 5.16. The molecule has 0 bridgehead atoms. The molecule has 1 amide bonds. The monoisotopic (exact) mass is 336 g/mol. The molecule has 4 nitrogen and oxygen atoms in total. The average Bonchev–Trinajstić information content (AvgIpc) is 2.79. The van der Waals surface area contributed by atoms with E-state index in [9.17, 15) is 14.3 Å². The van der Waals surface area contributed by atoms with Gasteiger partial charge in [0.2, 0.25) is 0 Å². The summed E-state index contributed by atoms with van der Waals surface area (Å²) in [7, 11) is 1.67. The van der Waals surface area contributed by atoms with Gasteiger partial charge < -0.3 is 10.0 Å². The molecule has 2 rings (SSSR count). The molecule has 0 saturated carbocycles. The fourth-order valence-electron chi connectivity index (χ4n) is 2.33. The average molecular weight is 336 g/mol. The van der Waals surface area contributed by atoms with Crippen LogP contribution in [-0.2, 0) is 6.42 Å². The van der Waals surface area contributed by atoms with Crippen LogP contribution in [0.1, 0.15) is 39.8 Å². The van der Waals surface area contributed by atoms with Crippen molar-refractivity contribution in [2.75, 3.05) is 13.6 Å². The number of hydrogen-bond donors (Lipinski definition) is 1. The Balaban J connectivity index is 2.14. The highest BCUT2D eigenvalue weighted by molar-refractivity contribution is 7.13. The van der Waals surface area contributed by atoms with Crippen molar-refractivity contribution in [3.8, 4) is 0 Å². The molecule has 124 valence electrons. The van der Waals surface area contributed by atoms with Gasteiger partial charge in [-0.25, -0.2) is 9.37 Å². The second-order valence-electron chi connectivity index (χ2n) is 6.30. The molecule has 0 aliphatic rings. The van der Waals surface area contributed by atoms with Gasteiger partial charge >= 0.3 is 0 Å². The maximum atomic E-state index is 12.9. The Bertz CT molecular complexity index is 690. The van der Waals surface area contributed by atoms with E-state index in [1.807, 2.05) is 0 Å². The number of nitrogens with zero attached hydrogens (tertiary/aromatic N) is 2. The van der Waals surface area contributed by atoms with Gasteiger partial charge in [-0.1, -0.05) is 12.1 Å². The number of halogens is 1. The molecule has 2 aromatic rings. The van der Waals surface area contributed by atoms with Crippen LogP contribution < -0.4 is 0 Å². The molecule has 1 heterocycles. The first-order chi connectivity index (χ1) is 10.7. The minimum absolute atomic E-state index is 0.146. The van der Waals surface area contributed by atoms with Crippen LogP contribution in [0.3, 0.4) is 0 Å². The van der Waals surface area contributed by atoms with Crippen LogP contribution in [0.15, 0.2) is 24.3 Å². The van der Waals surface area contributed by atoms with E-state index in [1.54, 1.807) is 40.0 Å². The SMILES string of the molecule is Cc1nc(Cc2ccc(F)cc2)sc1C(=O)N(C)CC(C)(C)O. The van der Waals surface area contributed by atoms with Crippen LogP contribution in [0.25, 0.3) is 0 Å². The van der Waals surface area contributed by atoms with Gasteiger partial charge in [0.1, 0.15) is 10.7 Å².